The molecule has 0 unspecified atom stereocenters. The summed E-state index contributed by atoms with van der Waals surface area (Å²) in [7, 11) is 0. The molecule has 0 heterocycles. The summed E-state index contributed by atoms with van der Waals surface area (Å²) in [5, 5.41) is 0. The fourth-order valence-corrected chi connectivity index (χ4v) is 1.11. The van der Waals surface area contributed by atoms with Crippen LogP contribution in [-0.4, -0.2) is 18.0 Å². The second kappa shape index (κ2) is 5.25. The molecule has 2 N–H and O–H groups in total. The molecule has 1 amide bonds. The van der Waals surface area contributed by atoms with E-state index in [0.29, 0.717) is 5.56 Å². The molecule has 0 saturated heterocycles. The number of benzene rings is 1. The van der Waals surface area contributed by atoms with Gasteiger partial charge in [0, 0.05) is 0 Å². The van der Waals surface area contributed by atoms with Crippen LogP contribution in [0.4, 0.5) is 4.39 Å². The van der Waals surface area contributed by atoms with Gasteiger partial charge in [0.2, 0.25) is 0 Å². The molecule has 0 radical (unpaired) electrons. The molecule has 0 fully saturated rings. The molecule has 0 aliphatic rings. The average Bonchev–Trinajstić information content (AvgIpc) is 2.16. The highest BCUT2D eigenvalue weighted by atomic mass is 19.1. The third kappa shape index (κ3) is 3.68. The molecule has 1 aromatic carbocycles. The lowest BCUT2D eigenvalue weighted by Gasteiger charge is -2.09. The fourth-order valence-electron chi connectivity index (χ4n) is 1.11. The van der Waals surface area contributed by atoms with E-state index >= 15 is 0 Å². The van der Waals surface area contributed by atoms with Crippen LogP contribution in [0.15, 0.2) is 24.3 Å². The quantitative estimate of drug-likeness (QED) is 0.770. The number of rotatable bonds is 4. The van der Waals surface area contributed by atoms with Gasteiger partial charge < -0.3 is 10.5 Å². The van der Waals surface area contributed by atoms with Gasteiger partial charge in [-0.05, 0) is 24.6 Å². The topological polar surface area (TPSA) is 69.4 Å². The number of primary amides is 1. The highest BCUT2D eigenvalue weighted by Gasteiger charge is 2.14. The molecule has 1 aromatic rings. The Bertz CT molecular complexity index is 406. The van der Waals surface area contributed by atoms with E-state index in [1.165, 1.54) is 25.1 Å². The van der Waals surface area contributed by atoms with Crippen LogP contribution in [0.2, 0.25) is 0 Å². The maximum atomic E-state index is 12.8. The van der Waals surface area contributed by atoms with E-state index in [9.17, 15) is 14.0 Å². The van der Waals surface area contributed by atoms with Crippen molar-refractivity contribution in [2.45, 2.75) is 19.4 Å². The first-order valence-corrected chi connectivity index (χ1v) is 4.72. The van der Waals surface area contributed by atoms with Crippen LogP contribution in [0, 0.1) is 5.82 Å². The van der Waals surface area contributed by atoms with E-state index in [1.54, 1.807) is 6.07 Å². The molecule has 4 nitrogen and oxygen atoms in total. The van der Waals surface area contributed by atoms with Crippen molar-refractivity contribution in [2.75, 3.05) is 0 Å². The summed E-state index contributed by atoms with van der Waals surface area (Å²) in [5.41, 5.74) is 5.41. The summed E-state index contributed by atoms with van der Waals surface area (Å²) in [4.78, 5) is 21.9. The molecule has 0 spiro atoms. The first-order chi connectivity index (χ1) is 7.49. The van der Waals surface area contributed by atoms with Crippen LogP contribution < -0.4 is 5.73 Å². The van der Waals surface area contributed by atoms with Gasteiger partial charge in [0.25, 0.3) is 5.91 Å². The van der Waals surface area contributed by atoms with Crippen LogP contribution >= 0.6 is 0 Å². The second-order valence-electron chi connectivity index (χ2n) is 3.34. The number of ether oxygens (including phenoxy) is 1. The highest BCUT2D eigenvalue weighted by molar-refractivity contribution is 5.82. The lowest BCUT2D eigenvalue weighted by molar-refractivity contribution is -0.153. The van der Waals surface area contributed by atoms with Crippen LogP contribution in [0.5, 0.6) is 0 Å². The fraction of sp³-hybridized carbons (Fsp3) is 0.273. The van der Waals surface area contributed by atoms with Crippen molar-refractivity contribution in [2.24, 2.45) is 5.73 Å². The number of carbonyl (C=O) groups is 2. The minimum absolute atomic E-state index is 0.0879. The standard InChI is InChI=1S/C11H12FNO3/c1-7(11(13)15)16-10(14)6-8-3-2-4-9(12)5-8/h2-5,7H,6H2,1H3,(H2,13,15)/t7-/m1/s1. The Morgan fingerprint density at radius 1 is 1.50 bits per heavy atom. The monoisotopic (exact) mass is 225 g/mol. The first-order valence-electron chi connectivity index (χ1n) is 4.72. The molecule has 0 bridgehead atoms. The van der Waals surface area contributed by atoms with Crippen molar-refractivity contribution in [1.29, 1.82) is 0 Å². The summed E-state index contributed by atoms with van der Waals surface area (Å²) in [6, 6.07) is 5.60. The zero-order valence-electron chi connectivity index (χ0n) is 8.77. The molecular weight excluding hydrogens is 213 g/mol. The molecule has 0 aliphatic heterocycles. The van der Waals surface area contributed by atoms with Gasteiger partial charge in [-0.2, -0.15) is 0 Å². The third-order valence-electron chi connectivity index (χ3n) is 1.95. The second-order valence-corrected chi connectivity index (χ2v) is 3.34. The highest BCUT2D eigenvalue weighted by Crippen LogP contribution is 2.05. The summed E-state index contributed by atoms with van der Waals surface area (Å²) >= 11 is 0. The Hall–Kier alpha value is -1.91. The summed E-state index contributed by atoms with van der Waals surface area (Å²) in [5.74, 6) is -1.75. The van der Waals surface area contributed by atoms with E-state index in [1.807, 2.05) is 0 Å². The molecule has 5 heteroatoms. The Kier molecular flexibility index (Phi) is 3.99. The van der Waals surface area contributed by atoms with Crippen molar-refractivity contribution in [1.82, 2.24) is 0 Å². The largest absolute Gasteiger partial charge is 0.452 e. The van der Waals surface area contributed by atoms with Crippen molar-refractivity contribution in [3.05, 3.63) is 35.6 Å². The maximum absolute atomic E-state index is 12.8. The Morgan fingerprint density at radius 3 is 2.75 bits per heavy atom. The zero-order chi connectivity index (χ0) is 12.1. The van der Waals surface area contributed by atoms with Crippen molar-refractivity contribution in [3.63, 3.8) is 0 Å². The lowest BCUT2D eigenvalue weighted by Crippen LogP contribution is -2.30. The van der Waals surface area contributed by atoms with E-state index < -0.39 is 23.8 Å². The average molecular weight is 225 g/mol. The molecule has 16 heavy (non-hydrogen) atoms. The smallest absolute Gasteiger partial charge is 0.311 e. The van der Waals surface area contributed by atoms with Gasteiger partial charge in [0.15, 0.2) is 6.10 Å². The number of esters is 1. The Morgan fingerprint density at radius 2 is 2.19 bits per heavy atom. The third-order valence-corrected chi connectivity index (χ3v) is 1.95. The molecule has 1 rings (SSSR count). The predicted molar refractivity (Wildman–Crippen MR) is 54.9 cm³/mol. The zero-order valence-corrected chi connectivity index (χ0v) is 8.77. The normalized spacial score (nSPS) is 11.9. The number of carbonyl (C=O) groups excluding carboxylic acids is 2. The van der Waals surface area contributed by atoms with E-state index in [4.69, 9.17) is 10.5 Å². The van der Waals surface area contributed by atoms with Gasteiger partial charge >= 0.3 is 5.97 Å². The lowest BCUT2D eigenvalue weighted by atomic mass is 10.1. The Balaban J connectivity index is 2.55. The van der Waals surface area contributed by atoms with Crippen LogP contribution in [-0.2, 0) is 20.7 Å². The van der Waals surface area contributed by atoms with Crippen LogP contribution in [0.25, 0.3) is 0 Å². The van der Waals surface area contributed by atoms with Gasteiger partial charge in [0.05, 0.1) is 6.42 Å². The first kappa shape index (κ1) is 12.2. The van der Waals surface area contributed by atoms with Gasteiger partial charge in [-0.1, -0.05) is 12.1 Å². The predicted octanol–water partition coefficient (Wildman–Crippen LogP) is 0.785. The summed E-state index contributed by atoms with van der Waals surface area (Å²) < 4.78 is 17.5. The van der Waals surface area contributed by atoms with Crippen LogP contribution in [0.3, 0.4) is 0 Å². The van der Waals surface area contributed by atoms with Gasteiger partial charge in [0.1, 0.15) is 5.82 Å². The van der Waals surface area contributed by atoms with Gasteiger partial charge in [-0.25, -0.2) is 4.39 Å². The van der Waals surface area contributed by atoms with E-state index in [2.05, 4.69) is 0 Å². The molecule has 0 aliphatic carbocycles. The maximum Gasteiger partial charge on any atom is 0.311 e. The number of halogens is 1. The molecule has 86 valence electrons. The van der Waals surface area contributed by atoms with Gasteiger partial charge in [-0.3, -0.25) is 9.59 Å². The van der Waals surface area contributed by atoms with Crippen molar-refractivity contribution < 1.29 is 18.7 Å². The number of amides is 1. The van der Waals surface area contributed by atoms with E-state index in [-0.39, 0.29) is 6.42 Å². The molecular formula is C11H12FNO3. The van der Waals surface area contributed by atoms with Gasteiger partial charge in [-0.15, -0.1) is 0 Å². The molecule has 0 saturated carbocycles. The van der Waals surface area contributed by atoms with E-state index in [0.717, 1.165) is 0 Å². The van der Waals surface area contributed by atoms with Crippen molar-refractivity contribution in [3.8, 4) is 0 Å². The van der Waals surface area contributed by atoms with Crippen LogP contribution in [0.1, 0.15) is 12.5 Å². The minimum Gasteiger partial charge on any atom is -0.452 e. The molecule has 0 aromatic heterocycles. The minimum atomic E-state index is -0.971. The number of hydrogen-bond donors (Lipinski definition) is 1. The summed E-state index contributed by atoms with van der Waals surface area (Å²) in [6.45, 7) is 1.38. The number of hydrogen-bond acceptors (Lipinski definition) is 3. The summed E-state index contributed by atoms with van der Waals surface area (Å²) in [6.07, 6.45) is -1.06. The SMILES string of the molecule is C[C@@H](OC(=O)Cc1cccc(F)c1)C(N)=O. The Labute approximate surface area is 92.2 Å². The molecule has 1 atom stereocenters. The van der Waals surface area contributed by atoms with Crippen molar-refractivity contribution >= 4 is 11.9 Å². The number of nitrogens with two attached hydrogens (primary N) is 1.